The Labute approximate surface area is 116 Å². The minimum absolute atomic E-state index is 0.446. The standard InChI is InChI=1S/C16H25NO2/c1-5-17-11-13-10-16(13,2)9-12-6-7-14(18-3)15(8-12)19-4/h6-8,13,17H,5,9-11H2,1-4H3. The van der Waals surface area contributed by atoms with E-state index in [1.807, 2.05) is 6.07 Å². The highest BCUT2D eigenvalue weighted by Gasteiger charge is 2.48. The van der Waals surface area contributed by atoms with Crippen molar-refractivity contribution in [1.82, 2.24) is 5.32 Å². The third-order valence-corrected chi connectivity index (χ3v) is 4.23. The van der Waals surface area contributed by atoms with Gasteiger partial charge in [0.15, 0.2) is 11.5 Å². The molecule has 1 fully saturated rings. The molecule has 0 heterocycles. The Morgan fingerprint density at radius 2 is 2.00 bits per heavy atom. The second-order valence-electron chi connectivity index (χ2n) is 5.73. The van der Waals surface area contributed by atoms with Gasteiger partial charge in [0, 0.05) is 0 Å². The van der Waals surface area contributed by atoms with Gasteiger partial charge in [-0.25, -0.2) is 0 Å². The fourth-order valence-electron chi connectivity index (χ4n) is 2.81. The van der Waals surface area contributed by atoms with Crippen molar-refractivity contribution in [3.63, 3.8) is 0 Å². The molecule has 0 saturated heterocycles. The first-order chi connectivity index (χ1) is 9.12. The van der Waals surface area contributed by atoms with Crippen LogP contribution in [0.5, 0.6) is 11.5 Å². The molecule has 1 aliphatic carbocycles. The van der Waals surface area contributed by atoms with Crippen molar-refractivity contribution in [2.45, 2.75) is 26.7 Å². The van der Waals surface area contributed by atoms with Crippen LogP contribution in [0.2, 0.25) is 0 Å². The van der Waals surface area contributed by atoms with Gasteiger partial charge >= 0.3 is 0 Å². The van der Waals surface area contributed by atoms with E-state index >= 15 is 0 Å². The Morgan fingerprint density at radius 1 is 1.26 bits per heavy atom. The SMILES string of the molecule is CCNCC1CC1(C)Cc1ccc(OC)c(OC)c1. The molecule has 3 nitrogen and oxygen atoms in total. The van der Waals surface area contributed by atoms with Gasteiger partial charge in [0.05, 0.1) is 14.2 Å². The van der Waals surface area contributed by atoms with E-state index in [-0.39, 0.29) is 0 Å². The van der Waals surface area contributed by atoms with Crippen LogP contribution in [0.3, 0.4) is 0 Å². The van der Waals surface area contributed by atoms with Crippen molar-refractivity contribution in [3.05, 3.63) is 23.8 Å². The molecule has 0 spiro atoms. The van der Waals surface area contributed by atoms with E-state index in [0.29, 0.717) is 5.41 Å². The van der Waals surface area contributed by atoms with Crippen molar-refractivity contribution in [2.24, 2.45) is 11.3 Å². The molecule has 2 rings (SSSR count). The highest BCUT2D eigenvalue weighted by atomic mass is 16.5. The first-order valence-electron chi connectivity index (χ1n) is 7.04. The molecular weight excluding hydrogens is 238 g/mol. The van der Waals surface area contributed by atoms with E-state index in [0.717, 1.165) is 36.9 Å². The van der Waals surface area contributed by atoms with Crippen molar-refractivity contribution < 1.29 is 9.47 Å². The summed E-state index contributed by atoms with van der Waals surface area (Å²) in [5, 5.41) is 3.45. The van der Waals surface area contributed by atoms with Crippen LogP contribution in [0.15, 0.2) is 18.2 Å². The molecule has 1 aromatic rings. The molecular formula is C16H25NO2. The molecule has 1 saturated carbocycles. The van der Waals surface area contributed by atoms with Gasteiger partial charge in [0.25, 0.3) is 0 Å². The first kappa shape index (κ1) is 14.2. The maximum atomic E-state index is 5.37. The molecule has 19 heavy (non-hydrogen) atoms. The molecule has 3 heteroatoms. The molecule has 1 aromatic carbocycles. The highest BCUT2D eigenvalue weighted by molar-refractivity contribution is 5.43. The minimum Gasteiger partial charge on any atom is -0.493 e. The second-order valence-corrected chi connectivity index (χ2v) is 5.73. The molecule has 0 amide bonds. The number of rotatable bonds is 7. The zero-order valence-corrected chi connectivity index (χ0v) is 12.5. The highest BCUT2D eigenvalue weighted by Crippen LogP contribution is 2.54. The first-order valence-corrected chi connectivity index (χ1v) is 7.04. The summed E-state index contributed by atoms with van der Waals surface area (Å²) >= 11 is 0. The summed E-state index contributed by atoms with van der Waals surface area (Å²) in [7, 11) is 3.36. The summed E-state index contributed by atoms with van der Waals surface area (Å²) in [6.45, 7) is 6.74. The lowest BCUT2D eigenvalue weighted by Gasteiger charge is -2.14. The molecule has 0 radical (unpaired) electrons. The van der Waals surface area contributed by atoms with Crippen LogP contribution in [0.4, 0.5) is 0 Å². The summed E-state index contributed by atoms with van der Waals surface area (Å²) in [5.74, 6) is 2.43. The van der Waals surface area contributed by atoms with E-state index in [1.54, 1.807) is 14.2 Å². The van der Waals surface area contributed by atoms with E-state index in [1.165, 1.54) is 12.0 Å². The Balaban J connectivity index is 2.00. The summed E-state index contributed by atoms with van der Waals surface area (Å²) in [4.78, 5) is 0. The monoisotopic (exact) mass is 263 g/mol. The number of hydrogen-bond donors (Lipinski definition) is 1. The Kier molecular flexibility index (Phi) is 4.35. The van der Waals surface area contributed by atoms with Gasteiger partial charge in [-0.05, 0) is 55.0 Å². The van der Waals surface area contributed by atoms with Gasteiger partial charge in [-0.1, -0.05) is 19.9 Å². The summed E-state index contributed by atoms with van der Waals surface area (Å²) in [5.41, 5.74) is 1.78. The molecule has 2 atom stereocenters. The van der Waals surface area contributed by atoms with Crippen LogP contribution in [-0.2, 0) is 6.42 Å². The Morgan fingerprint density at radius 3 is 2.63 bits per heavy atom. The lowest BCUT2D eigenvalue weighted by atomic mass is 9.95. The van der Waals surface area contributed by atoms with Gasteiger partial charge in [-0.3, -0.25) is 0 Å². The summed E-state index contributed by atoms with van der Waals surface area (Å²) in [6.07, 6.45) is 2.43. The van der Waals surface area contributed by atoms with Crippen LogP contribution in [0, 0.1) is 11.3 Å². The topological polar surface area (TPSA) is 30.5 Å². The average Bonchev–Trinajstić information content (AvgIpc) is 3.06. The van der Waals surface area contributed by atoms with Crippen LogP contribution in [-0.4, -0.2) is 27.3 Å². The van der Waals surface area contributed by atoms with Crippen LogP contribution in [0.1, 0.15) is 25.8 Å². The summed E-state index contributed by atoms with van der Waals surface area (Å²) < 4.78 is 10.6. The minimum atomic E-state index is 0.446. The molecule has 0 aromatic heterocycles. The number of benzene rings is 1. The molecule has 106 valence electrons. The zero-order valence-electron chi connectivity index (χ0n) is 12.5. The second kappa shape index (κ2) is 5.83. The number of methoxy groups -OCH3 is 2. The van der Waals surface area contributed by atoms with Gasteiger partial charge in [-0.15, -0.1) is 0 Å². The predicted molar refractivity (Wildman–Crippen MR) is 78.0 cm³/mol. The van der Waals surface area contributed by atoms with E-state index < -0.39 is 0 Å². The fourth-order valence-corrected chi connectivity index (χ4v) is 2.81. The number of ether oxygens (including phenoxy) is 2. The van der Waals surface area contributed by atoms with Crippen LogP contribution >= 0.6 is 0 Å². The average molecular weight is 263 g/mol. The number of hydrogen-bond acceptors (Lipinski definition) is 3. The lowest BCUT2D eigenvalue weighted by molar-refractivity contribution is 0.354. The third-order valence-electron chi connectivity index (χ3n) is 4.23. The van der Waals surface area contributed by atoms with Gasteiger partial charge in [0.1, 0.15) is 0 Å². The molecule has 1 N–H and O–H groups in total. The van der Waals surface area contributed by atoms with Crippen molar-refractivity contribution in [1.29, 1.82) is 0 Å². The van der Waals surface area contributed by atoms with Crippen LogP contribution in [0.25, 0.3) is 0 Å². The maximum Gasteiger partial charge on any atom is 0.160 e. The van der Waals surface area contributed by atoms with E-state index in [2.05, 4.69) is 31.3 Å². The van der Waals surface area contributed by atoms with Gasteiger partial charge in [-0.2, -0.15) is 0 Å². The third kappa shape index (κ3) is 3.21. The van der Waals surface area contributed by atoms with Gasteiger partial charge in [0.2, 0.25) is 0 Å². The molecule has 0 bridgehead atoms. The van der Waals surface area contributed by atoms with E-state index in [9.17, 15) is 0 Å². The Hall–Kier alpha value is -1.22. The van der Waals surface area contributed by atoms with Crippen molar-refractivity contribution in [2.75, 3.05) is 27.3 Å². The molecule has 1 aliphatic rings. The largest absolute Gasteiger partial charge is 0.493 e. The van der Waals surface area contributed by atoms with Crippen molar-refractivity contribution >= 4 is 0 Å². The van der Waals surface area contributed by atoms with E-state index in [4.69, 9.17) is 9.47 Å². The van der Waals surface area contributed by atoms with Crippen molar-refractivity contribution in [3.8, 4) is 11.5 Å². The fraction of sp³-hybridized carbons (Fsp3) is 0.625. The Bertz CT molecular complexity index is 433. The molecule has 0 aliphatic heterocycles. The smallest absolute Gasteiger partial charge is 0.160 e. The summed E-state index contributed by atoms with van der Waals surface area (Å²) in [6, 6.07) is 6.25. The predicted octanol–water partition coefficient (Wildman–Crippen LogP) is 2.88. The maximum absolute atomic E-state index is 5.37. The lowest BCUT2D eigenvalue weighted by Crippen LogP contribution is -2.19. The van der Waals surface area contributed by atoms with Crippen LogP contribution < -0.4 is 14.8 Å². The zero-order chi connectivity index (χ0) is 13.9. The normalized spacial score (nSPS) is 25.2. The number of nitrogens with one attached hydrogen (secondary N) is 1. The molecule has 2 unspecified atom stereocenters. The quantitative estimate of drug-likeness (QED) is 0.820. The van der Waals surface area contributed by atoms with Gasteiger partial charge < -0.3 is 14.8 Å².